The zero-order valence-electron chi connectivity index (χ0n) is 10.2. The molecule has 0 aliphatic heterocycles. The van der Waals surface area contributed by atoms with E-state index in [-0.39, 0.29) is 5.82 Å². The lowest BCUT2D eigenvalue weighted by atomic mass is 9.97. The van der Waals surface area contributed by atoms with E-state index in [1.807, 2.05) is 26.0 Å². The molecule has 0 bridgehead atoms. The highest BCUT2D eigenvalue weighted by atomic mass is 19.1. The molecule has 1 nitrogen and oxygen atoms in total. The van der Waals surface area contributed by atoms with Crippen molar-refractivity contribution in [1.29, 1.82) is 0 Å². The van der Waals surface area contributed by atoms with Gasteiger partial charge in [0.1, 0.15) is 11.6 Å². The van der Waals surface area contributed by atoms with Crippen molar-refractivity contribution < 1.29 is 9.13 Å². The monoisotopic (exact) mass is 220 g/mol. The van der Waals surface area contributed by atoms with Gasteiger partial charge in [-0.1, -0.05) is 12.7 Å². The maximum Gasteiger partial charge on any atom is 0.126 e. The first kappa shape index (κ1) is 12.5. The third-order valence-corrected chi connectivity index (χ3v) is 2.70. The molecule has 0 heterocycles. The van der Waals surface area contributed by atoms with Gasteiger partial charge < -0.3 is 4.74 Å². The number of hydrogen-bond acceptors (Lipinski definition) is 1. The van der Waals surface area contributed by atoms with Gasteiger partial charge in [-0.25, -0.2) is 4.39 Å². The molecule has 2 heteroatoms. The Morgan fingerprint density at radius 3 is 2.50 bits per heavy atom. The van der Waals surface area contributed by atoms with Crippen LogP contribution in [0.15, 0.2) is 24.8 Å². The SMILES string of the molecule is C=C(OC)c1cc(F)c(C)cc1/C(C)=C\C. The molecule has 1 rings (SSSR count). The van der Waals surface area contributed by atoms with Crippen LogP contribution in [0.5, 0.6) is 0 Å². The molecule has 0 aliphatic rings. The second kappa shape index (κ2) is 4.97. The van der Waals surface area contributed by atoms with Crippen molar-refractivity contribution in [1.82, 2.24) is 0 Å². The first-order chi connectivity index (χ1) is 7.51. The molecule has 0 atom stereocenters. The second-order valence-electron chi connectivity index (χ2n) is 3.75. The molecule has 0 unspecified atom stereocenters. The second-order valence-corrected chi connectivity index (χ2v) is 3.75. The Hall–Kier alpha value is -1.57. The zero-order valence-corrected chi connectivity index (χ0v) is 10.2. The van der Waals surface area contributed by atoms with Crippen LogP contribution < -0.4 is 0 Å². The average Bonchev–Trinajstić information content (AvgIpc) is 2.30. The first-order valence-corrected chi connectivity index (χ1v) is 5.18. The summed E-state index contributed by atoms with van der Waals surface area (Å²) in [4.78, 5) is 0. The number of aryl methyl sites for hydroxylation is 1. The van der Waals surface area contributed by atoms with Crippen molar-refractivity contribution in [3.05, 3.63) is 47.3 Å². The van der Waals surface area contributed by atoms with E-state index in [0.29, 0.717) is 16.9 Å². The first-order valence-electron chi connectivity index (χ1n) is 5.18. The van der Waals surface area contributed by atoms with Gasteiger partial charge in [-0.2, -0.15) is 0 Å². The topological polar surface area (TPSA) is 9.23 Å². The minimum atomic E-state index is -0.235. The largest absolute Gasteiger partial charge is 0.497 e. The van der Waals surface area contributed by atoms with Crippen molar-refractivity contribution in [3.8, 4) is 0 Å². The van der Waals surface area contributed by atoms with E-state index in [2.05, 4.69) is 6.58 Å². The van der Waals surface area contributed by atoms with E-state index >= 15 is 0 Å². The van der Waals surface area contributed by atoms with Crippen LogP contribution in [0.4, 0.5) is 4.39 Å². The summed E-state index contributed by atoms with van der Waals surface area (Å²) < 4.78 is 18.6. The van der Waals surface area contributed by atoms with Gasteiger partial charge >= 0.3 is 0 Å². The fraction of sp³-hybridized carbons (Fsp3) is 0.286. The molecule has 0 fully saturated rings. The van der Waals surface area contributed by atoms with E-state index in [4.69, 9.17) is 4.74 Å². The maximum atomic E-state index is 13.5. The molecule has 0 amide bonds. The highest BCUT2D eigenvalue weighted by Crippen LogP contribution is 2.27. The molecule has 0 aliphatic carbocycles. The number of halogens is 1. The van der Waals surface area contributed by atoms with Crippen molar-refractivity contribution >= 4 is 11.3 Å². The van der Waals surface area contributed by atoms with Crippen LogP contribution in [0, 0.1) is 12.7 Å². The lowest BCUT2D eigenvalue weighted by molar-refractivity contribution is 0.371. The normalized spacial score (nSPS) is 11.4. The van der Waals surface area contributed by atoms with Crippen LogP contribution in [0.3, 0.4) is 0 Å². The highest BCUT2D eigenvalue weighted by molar-refractivity contribution is 5.76. The number of benzene rings is 1. The summed E-state index contributed by atoms with van der Waals surface area (Å²) in [7, 11) is 1.54. The lowest BCUT2D eigenvalue weighted by Crippen LogP contribution is -1.96. The van der Waals surface area contributed by atoms with Crippen LogP contribution in [0.2, 0.25) is 0 Å². The number of rotatable bonds is 3. The van der Waals surface area contributed by atoms with Crippen LogP contribution >= 0.6 is 0 Å². The summed E-state index contributed by atoms with van der Waals surface area (Å²) in [6, 6.07) is 3.30. The summed E-state index contributed by atoms with van der Waals surface area (Å²) >= 11 is 0. The smallest absolute Gasteiger partial charge is 0.126 e. The Morgan fingerprint density at radius 2 is 2.00 bits per heavy atom. The van der Waals surface area contributed by atoms with Crippen LogP contribution in [0.25, 0.3) is 11.3 Å². The molecule has 0 saturated carbocycles. The van der Waals surface area contributed by atoms with Gasteiger partial charge in [0.05, 0.1) is 7.11 Å². The van der Waals surface area contributed by atoms with Crippen LogP contribution in [0.1, 0.15) is 30.5 Å². The van der Waals surface area contributed by atoms with Gasteiger partial charge in [-0.15, -0.1) is 0 Å². The average molecular weight is 220 g/mol. The van der Waals surface area contributed by atoms with Crippen LogP contribution in [-0.4, -0.2) is 7.11 Å². The summed E-state index contributed by atoms with van der Waals surface area (Å²) in [5.74, 6) is 0.246. The Kier molecular flexibility index (Phi) is 3.88. The molecular formula is C14H17FO. The molecule has 0 saturated heterocycles. The fourth-order valence-electron chi connectivity index (χ4n) is 1.50. The Morgan fingerprint density at radius 1 is 1.38 bits per heavy atom. The Balaban J connectivity index is 3.45. The predicted octanol–water partition coefficient (Wildman–Crippen LogP) is 4.17. The number of ether oxygens (including phenoxy) is 1. The molecule has 0 radical (unpaired) electrons. The van der Waals surface area contributed by atoms with Crippen molar-refractivity contribution in [2.24, 2.45) is 0 Å². The molecule has 1 aromatic rings. The minimum Gasteiger partial charge on any atom is -0.497 e. The Bertz CT molecular complexity index is 444. The summed E-state index contributed by atoms with van der Waals surface area (Å²) in [5.41, 5.74) is 3.38. The summed E-state index contributed by atoms with van der Waals surface area (Å²) in [5, 5.41) is 0. The van der Waals surface area contributed by atoms with Crippen LogP contribution in [-0.2, 0) is 4.74 Å². The summed E-state index contributed by atoms with van der Waals surface area (Å²) in [6.45, 7) is 9.46. The third-order valence-electron chi connectivity index (χ3n) is 2.70. The molecule has 0 N–H and O–H groups in total. The van der Waals surface area contributed by atoms with Gasteiger partial charge in [-0.3, -0.25) is 0 Å². The van der Waals surface area contributed by atoms with Gasteiger partial charge in [0.15, 0.2) is 0 Å². The van der Waals surface area contributed by atoms with Crippen molar-refractivity contribution in [3.63, 3.8) is 0 Å². The van der Waals surface area contributed by atoms with Crippen molar-refractivity contribution in [2.75, 3.05) is 7.11 Å². The number of hydrogen-bond donors (Lipinski definition) is 0. The highest BCUT2D eigenvalue weighted by Gasteiger charge is 2.11. The molecule has 16 heavy (non-hydrogen) atoms. The van der Waals surface area contributed by atoms with Gasteiger partial charge in [0.2, 0.25) is 0 Å². The fourth-order valence-corrected chi connectivity index (χ4v) is 1.50. The third kappa shape index (κ3) is 2.32. The van der Waals surface area contributed by atoms with Crippen molar-refractivity contribution in [2.45, 2.75) is 20.8 Å². The molecule has 0 aromatic heterocycles. The van der Waals surface area contributed by atoms with Gasteiger partial charge in [0.25, 0.3) is 0 Å². The van der Waals surface area contributed by atoms with Gasteiger partial charge in [0, 0.05) is 5.56 Å². The van der Waals surface area contributed by atoms with E-state index < -0.39 is 0 Å². The Labute approximate surface area is 96.3 Å². The van der Waals surface area contributed by atoms with Gasteiger partial charge in [-0.05, 0) is 49.6 Å². The minimum absolute atomic E-state index is 0.235. The van der Waals surface area contributed by atoms with E-state index in [1.54, 1.807) is 6.92 Å². The molecule has 86 valence electrons. The summed E-state index contributed by atoms with van der Waals surface area (Å²) in [6.07, 6.45) is 1.99. The number of allylic oxidation sites excluding steroid dienone is 2. The maximum absolute atomic E-state index is 13.5. The zero-order chi connectivity index (χ0) is 12.3. The molecular weight excluding hydrogens is 203 g/mol. The number of methoxy groups -OCH3 is 1. The molecule has 1 aromatic carbocycles. The van der Waals surface area contributed by atoms with E-state index in [1.165, 1.54) is 13.2 Å². The lowest BCUT2D eigenvalue weighted by Gasteiger charge is -2.13. The quantitative estimate of drug-likeness (QED) is 0.694. The molecule has 0 spiro atoms. The standard InChI is InChI=1S/C14H17FO/c1-6-9(2)12-7-10(3)14(15)8-13(12)11(4)16-5/h6-8H,4H2,1-3,5H3/b9-6-. The van der Waals surface area contributed by atoms with E-state index in [0.717, 1.165) is 11.1 Å². The predicted molar refractivity (Wildman–Crippen MR) is 66.5 cm³/mol. The van der Waals surface area contributed by atoms with E-state index in [9.17, 15) is 4.39 Å².